The number of amides is 1. The number of thioether (sulfide) groups is 1. The quantitative estimate of drug-likeness (QED) is 0.639. The van der Waals surface area contributed by atoms with Crippen LogP contribution in [0.4, 0.5) is 10.1 Å². The molecule has 1 N–H and O–H groups in total. The Hall–Kier alpha value is -2.06. The summed E-state index contributed by atoms with van der Waals surface area (Å²) >= 11 is 1.62. The van der Waals surface area contributed by atoms with E-state index in [0.29, 0.717) is 42.1 Å². The maximum absolute atomic E-state index is 13.6. The molecule has 0 atom stereocenters. The molecule has 0 radical (unpaired) electrons. The van der Waals surface area contributed by atoms with E-state index in [-0.39, 0.29) is 17.5 Å². The van der Waals surface area contributed by atoms with Crippen LogP contribution in [0.25, 0.3) is 0 Å². The molecule has 29 heavy (non-hydrogen) atoms. The standard InChI is InChI=1S/C21H25FN2O3S2/c22-20-10-2-1-7-18(20)16-28-13-6-11-23-21(25)17-8-5-9-19(15-17)24-12-3-4-14-29(24,26)27/h1-2,5,7-10,15H,3-4,6,11-14,16H2,(H,23,25). The number of carbonyl (C=O) groups is 1. The van der Waals surface area contributed by atoms with E-state index in [0.717, 1.165) is 18.6 Å². The summed E-state index contributed by atoms with van der Waals surface area (Å²) in [5, 5.41) is 2.87. The van der Waals surface area contributed by atoms with Gasteiger partial charge in [0.1, 0.15) is 5.82 Å². The molecular formula is C21H25FN2O3S2. The molecular weight excluding hydrogens is 411 g/mol. The first-order valence-corrected chi connectivity index (χ1v) is 12.4. The largest absolute Gasteiger partial charge is 0.352 e. The average molecular weight is 437 g/mol. The van der Waals surface area contributed by atoms with Crippen molar-refractivity contribution >= 4 is 33.4 Å². The molecule has 1 amide bonds. The summed E-state index contributed by atoms with van der Waals surface area (Å²) in [6.45, 7) is 0.960. The van der Waals surface area contributed by atoms with Crippen molar-refractivity contribution in [2.75, 3.05) is 28.9 Å². The molecule has 1 fully saturated rings. The van der Waals surface area contributed by atoms with Gasteiger partial charge in [-0.1, -0.05) is 24.3 Å². The zero-order valence-corrected chi connectivity index (χ0v) is 17.8. The van der Waals surface area contributed by atoms with Crippen LogP contribution >= 0.6 is 11.8 Å². The summed E-state index contributed by atoms with van der Waals surface area (Å²) in [5.74, 6) is 1.14. The third kappa shape index (κ3) is 5.96. The van der Waals surface area contributed by atoms with E-state index in [1.807, 2.05) is 6.07 Å². The fourth-order valence-corrected chi connectivity index (χ4v) is 5.74. The van der Waals surface area contributed by atoms with Gasteiger partial charge in [0.15, 0.2) is 0 Å². The molecule has 1 heterocycles. The minimum Gasteiger partial charge on any atom is -0.352 e. The van der Waals surface area contributed by atoms with Gasteiger partial charge in [-0.15, -0.1) is 0 Å². The number of anilines is 1. The molecule has 5 nitrogen and oxygen atoms in total. The second-order valence-corrected chi connectivity index (χ2v) is 10.0. The Morgan fingerprint density at radius 3 is 2.76 bits per heavy atom. The van der Waals surface area contributed by atoms with Crippen LogP contribution in [0.1, 0.15) is 35.2 Å². The summed E-state index contributed by atoms with van der Waals surface area (Å²) in [4.78, 5) is 12.4. The Morgan fingerprint density at radius 1 is 1.14 bits per heavy atom. The summed E-state index contributed by atoms with van der Waals surface area (Å²) in [6, 6.07) is 13.5. The van der Waals surface area contributed by atoms with Gasteiger partial charge >= 0.3 is 0 Å². The Kier molecular flexibility index (Phi) is 7.55. The van der Waals surface area contributed by atoms with Gasteiger partial charge in [-0.3, -0.25) is 9.10 Å². The number of hydrogen-bond acceptors (Lipinski definition) is 4. The summed E-state index contributed by atoms with van der Waals surface area (Å²) in [6.07, 6.45) is 2.26. The van der Waals surface area contributed by atoms with E-state index in [1.54, 1.807) is 48.2 Å². The normalized spacial score (nSPS) is 15.8. The number of carbonyl (C=O) groups excluding carboxylic acids is 1. The highest BCUT2D eigenvalue weighted by molar-refractivity contribution is 7.98. The number of halogens is 1. The van der Waals surface area contributed by atoms with E-state index in [4.69, 9.17) is 0 Å². The van der Waals surface area contributed by atoms with E-state index in [2.05, 4.69) is 5.32 Å². The molecule has 0 spiro atoms. The number of sulfonamides is 1. The fraction of sp³-hybridized carbons (Fsp3) is 0.381. The van der Waals surface area contributed by atoms with Crippen LogP contribution in [0.15, 0.2) is 48.5 Å². The second-order valence-electron chi connectivity index (χ2n) is 6.90. The zero-order valence-electron chi connectivity index (χ0n) is 16.1. The van der Waals surface area contributed by atoms with Crippen molar-refractivity contribution in [3.63, 3.8) is 0 Å². The van der Waals surface area contributed by atoms with Crippen LogP contribution in [0.5, 0.6) is 0 Å². The van der Waals surface area contributed by atoms with E-state index in [1.165, 1.54) is 10.4 Å². The molecule has 0 unspecified atom stereocenters. The predicted octanol–water partition coefficient (Wildman–Crippen LogP) is 3.81. The molecule has 0 aromatic heterocycles. The van der Waals surface area contributed by atoms with Crippen molar-refractivity contribution in [3.05, 3.63) is 65.5 Å². The van der Waals surface area contributed by atoms with E-state index >= 15 is 0 Å². The lowest BCUT2D eigenvalue weighted by molar-refractivity contribution is 0.0954. The van der Waals surface area contributed by atoms with Crippen LogP contribution in [-0.4, -0.2) is 38.9 Å². The monoisotopic (exact) mass is 436 g/mol. The summed E-state index contributed by atoms with van der Waals surface area (Å²) in [7, 11) is -3.30. The molecule has 8 heteroatoms. The Morgan fingerprint density at radius 2 is 1.97 bits per heavy atom. The fourth-order valence-electron chi connectivity index (χ4n) is 3.16. The highest BCUT2D eigenvalue weighted by Gasteiger charge is 2.26. The molecule has 156 valence electrons. The first-order valence-electron chi connectivity index (χ1n) is 9.67. The van der Waals surface area contributed by atoms with Gasteiger partial charge in [0.05, 0.1) is 11.4 Å². The Labute approximate surface area is 175 Å². The molecule has 1 aliphatic heterocycles. The lowest BCUT2D eigenvalue weighted by atomic mass is 10.2. The number of benzene rings is 2. The molecule has 1 aliphatic rings. The van der Waals surface area contributed by atoms with Gasteiger partial charge in [0.2, 0.25) is 10.0 Å². The minimum atomic E-state index is -3.30. The van der Waals surface area contributed by atoms with Gasteiger partial charge in [0.25, 0.3) is 5.91 Å². The lowest BCUT2D eigenvalue weighted by Gasteiger charge is -2.28. The van der Waals surface area contributed by atoms with Gasteiger partial charge in [-0.05, 0) is 54.8 Å². The first-order chi connectivity index (χ1) is 14.0. The number of nitrogens with one attached hydrogen (secondary N) is 1. The third-order valence-corrected chi connectivity index (χ3v) is 7.67. The Bertz CT molecular complexity index is 950. The first kappa shape index (κ1) is 21.6. The van der Waals surface area contributed by atoms with Crippen molar-refractivity contribution in [2.24, 2.45) is 0 Å². The maximum Gasteiger partial charge on any atom is 0.251 e. The Balaban J connectivity index is 1.46. The van der Waals surface area contributed by atoms with Crippen LogP contribution in [0.2, 0.25) is 0 Å². The van der Waals surface area contributed by atoms with Crippen molar-refractivity contribution < 1.29 is 17.6 Å². The molecule has 3 rings (SSSR count). The lowest BCUT2D eigenvalue weighted by Crippen LogP contribution is -2.38. The second kappa shape index (κ2) is 10.1. The van der Waals surface area contributed by atoms with Crippen LogP contribution in [-0.2, 0) is 15.8 Å². The van der Waals surface area contributed by atoms with Gasteiger partial charge in [0, 0.05) is 24.4 Å². The number of nitrogens with zero attached hydrogens (tertiary/aromatic N) is 1. The van der Waals surface area contributed by atoms with E-state index < -0.39 is 10.0 Å². The predicted molar refractivity (Wildman–Crippen MR) is 116 cm³/mol. The average Bonchev–Trinajstić information content (AvgIpc) is 2.71. The summed E-state index contributed by atoms with van der Waals surface area (Å²) in [5.41, 5.74) is 1.67. The van der Waals surface area contributed by atoms with Gasteiger partial charge in [-0.25, -0.2) is 12.8 Å². The van der Waals surface area contributed by atoms with Crippen LogP contribution in [0.3, 0.4) is 0 Å². The minimum absolute atomic E-state index is 0.147. The van der Waals surface area contributed by atoms with Gasteiger partial charge in [-0.2, -0.15) is 11.8 Å². The molecule has 0 aliphatic carbocycles. The van der Waals surface area contributed by atoms with Crippen molar-refractivity contribution in [1.29, 1.82) is 0 Å². The van der Waals surface area contributed by atoms with E-state index in [9.17, 15) is 17.6 Å². The highest BCUT2D eigenvalue weighted by Crippen LogP contribution is 2.24. The SMILES string of the molecule is O=C(NCCCSCc1ccccc1F)c1cccc(N2CCCCS2(=O)=O)c1. The van der Waals surface area contributed by atoms with Crippen molar-refractivity contribution in [1.82, 2.24) is 5.32 Å². The molecule has 1 saturated heterocycles. The number of rotatable bonds is 8. The number of hydrogen-bond donors (Lipinski definition) is 1. The summed E-state index contributed by atoms with van der Waals surface area (Å²) < 4.78 is 39.5. The molecule has 0 bridgehead atoms. The molecule has 0 saturated carbocycles. The van der Waals surface area contributed by atoms with Gasteiger partial charge < -0.3 is 5.32 Å². The smallest absolute Gasteiger partial charge is 0.251 e. The van der Waals surface area contributed by atoms with Crippen molar-refractivity contribution in [2.45, 2.75) is 25.0 Å². The van der Waals surface area contributed by atoms with Crippen LogP contribution < -0.4 is 9.62 Å². The zero-order chi connectivity index (χ0) is 20.7. The molecule has 2 aromatic rings. The highest BCUT2D eigenvalue weighted by atomic mass is 32.2. The molecule has 2 aromatic carbocycles. The topological polar surface area (TPSA) is 66.5 Å². The van der Waals surface area contributed by atoms with Crippen LogP contribution in [0, 0.1) is 5.82 Å². The third-order valence-electron chi connectivity index (χ3n) is 4.71. The van der Waals surface area contributed by atoms with Crippen molar-refractivity contribution in [3.8, 4) is 0 Å². The maximum atomic E-state index is 13.6.